The van der Waals surface area contributed by atoms with Crippen molar-refractivity contribution in [1.82, 2.24) is 4.90 Å². The van der Waals surface area contributed by atoms with E-state index in [2.05, 4.69) is 13.5 Å². The van der Waals surface area contributed by atoms with E-state index in [-0.39, 0.29) is 6.09 Å². The van der Waals surface area contributed by atoms with Crippen LogP contribution >= 0.6 is 0 Å². The van der Waals surface area contributed by atoms with Gasteiger partial charge in [-0.25, -0.2) is 4.79 Å². The van der Waals surface area contributed by atoms with Crippen molar-refractivity contribution in [3.05, 3.63) is 12.7 Å². The van der Waals surface area contributed by atoms with Crippen LogP contribution in [0.3, 0.4) is 0 Å². The highest BCUT2D eigenvalue weighted by Crippen LogP contribution is 2.26. The van der Waals surface area contributed by atoms with Crippen LogP contribution in [0.5, 0.6) is 0 Å². The van der Waals surface area contributed by atoms with Gasteiger partial charge in [0.15, 0.2) is 0 Å². The fourth-order valence-corrected chi connectivity index (χ4v) is 2.13. The largest absolute Gasteiger partial charge is 0.444 e. The predicted octanol–water partition coefficient (Wildman–Crippen LogP) is 3.46. The van der Waals surface area contributed by atoms with Crippen molar-refractivity contribution in [2.24, 2.45) is 11.8 Å². The number of nitrogens with zero attached hydrogens (tertiary/aromatic N) is 1. The van der Waals surface area contributed by atoms with E-state index in [1.807, 2.05) is 31.7 Å². The number of carbonyl (C=O) groups is 1. The van der Waals surface area contributed by atoms with Gasteiger partial charge in [0.1, 0.15) is 5.60 Å². The molecular formula is C14H25NO2. The Morgan fingerprint density at radius 1 is 1.41 bits per heavy atom. The first-order valence-electron chi connectivity index (χ1n) is 6.44. The Balaban J connectivity index is 2.41. The number of piperidine rings is 1. The van der Waals surface area contributed by atoms with Crippen molar-refractivity contribution >= 4 is 6.09 Å². The van der Waals surface area contributed by atoms with Crippen LogP contribution in [0.1, 0.15) is 40.5 Å². The molecule has 3 nitrogen and oxygen atoms in total. The van der Waals surface area contributed by atoms with Crippen LogP contribution in [0.25, 0.3) is 0 Å². The minimum absolute atomic E-state index is 0.179. The van der Waals surface area contributed by atoms with Gasteiger partial charge in [-0.3, -0.25) is 0 Å². The highest BCUT2D eigenvalue weighted by Gasteiger charge is 2.28. The molecule has 1 amide bonds. The van der Waals surface area contributed by atoms with Gasteiger partial charge in [-0.05, 0) is 45.4 Å². The third-order valence-corrected chi connectivity index (χ3v) is 3.31. The van der Waals surface area contributed by atoms with Crippen molar-refractivity contribution in [3.8, 4) is 0 Å². The van der Waals surface area contributed by atoms with Crippen LogP contribution in [0.15, 0.2) is 12.7 Å². The Hall–Kier alpha value is -0.990. The van der Waals surface area contributed by atoms with E-state index in [4.69, 9.17) is 4.74 Å². The van der Waals surface area contributed by atoms with Crippen LogP contribution in [-0.4, -0.2) is 29.7 Å². The smallest absolute Gasteiger partial charge is 0.410 e. The SMILES string of the molecule is C=CC(C)C1CCN(C(=O)OC(C)(C)C)CC1. The molecule has 0 aromatic rings. The lowest BCUT2D eigenvalue weighted by atomic mass is 9.86. The molecule has 0 spiro atoms. The van der Waals surface area contributed by atoms with Crippen LogP contribution in [0, 0.1) is 11.8 Å². The maximum atomic E-state index is 11.8. The Bertz CT molecular complexity index is 272. The number of hydrogen-bond donors (Lipinski definition) is 0. The topological polar surface area (TPSA) is 29.5 Å². The van der Waals surface area contributed by atoms with Gasteiger partial charge in [0, 0.05) is 13.1 Å². The summed E-state index contributed by atoms with van der Waals surface area (Å²) in [5.74, 6) is 1.20. The van der Waals surface area contributed by atoms with E-state index in [1.54, 1.807) is 0 Å². The zero-order valence-electron chi connectivity index (χ0n) is 11.5. The van der Waals surface area contributed by atoms with Gasteiger partial charge < -0.3 is 9.64 Å². The van der Waals surface area contributed by atoms with E-state index in [0.29, 0.717) is 11.8 Å². The monoisotopic (exact) mass is 239 g/mol. The van der Waals surface area contributed by atoms with Crippen LogP contribution in [0.4, 0.5) is 4.79 Å². The van der Waals surface area contributed by atoms with Gasteiger partial charge in [-0.15, -0.1) is 6.58 Å². The number of carbonyl (C=O) groups excluding carboxylic acids is 1. The average molecular weight is 239 g/mol. The lowest BCUT2D eigenvalue weighted by Gasteiger charge is -2.35. The van der Waals surface area contributed by atoms with Gasteiger partial charge in [-0.1, -0.05) is 13.0 Å². The molecule has 0 saturated carbocycles. The first-order chi connectivity index (χ1) is 7.83. The minimum atomic E-state index is -0.400. The zero-order chi connectivity index (χ0) is 13.1. The van der Waals surface area contributed by atoms with E-state index in [9.17, 15) is 4.79 Å². The molecule has 1 atom stereocenters. The molecule has 0 bridgehead atoms. The molecule has 1 saturated heterocycles. The van der Waals surface area contributed by atoms with Crippen molar-refractivity contribution in [1.29, 1.82) is 0 Å². The van der Waals surface area contributed by atoms with Crippen LogP contribution < -0.4 is 0 Å². The van der Waals surface area contributed by atoms with Gasteiger partial charge >= 0.3 is 6.09 Å². The summed E-state index contributed by atoms with van der Waals surface area (Å²) in [5.41, 5.74) is -0.400. The van der Waals surface area contributed by atoms with Crippen molar-refractivity contribution in [2.45, 2.75) is 46.1 Å². The lowest BCUT2D eigenvalue weighted by Crippen LogP contribution is -2.42. The number of allylic oxidation sites excluding steroid dienone is 1. The molecule has 0 aromatic carbocycles. The summed E-state index contributed by atoms with van der Waals surface area (Å²) in [6, 6.07) is 0. The lowest BCUT2D eigenvalue weighted by molar-refractivity contribution is 0.0171. The molecule has 1 unspecified atom stereocenters. The Kier molecular flexibility index (Phi) is 4.61. The summed E-state index contributed by atoms with van der Waals surface area (Å²) < 4.78 is 5.37. The Morgan fingerprint density at radius 3 is 2.35 bits per heavy atom. The van der Waals surface area contributed by atoms with Gasteiger partial charge in [0.05, 0.1) is 0 Å². The number of hydrogen-bond acceptors (Lipinski definition) is 2. The summed E-state index contributed by atoms with van der Waals surface area (Å²) >= 11 is 0. The summed E-state index contributed by atoms with van der Waals surface area (Å²) in [6.07, 6.45) is 3.93. The second-order valence-electron chi connectivity index (χ2n) is 5.90. The molecule has 0 aliphatic carbocycles. The summed E-state index contributed by atoms with van der Waals surface area (Å²) in [4.78, 5) is 13.7. The molecule has 3 heteroatoms. The van der Waals surface area contributed by atoms with Gasteiger partial charge in [0.2, 0.25) is 0 Å². The van der Waals surface area contributed by atoms with Gasteiger partial charge in [0.25, 0.3) is 0 Å². The van der Waals surface area contributed by atoms with Crippen molar-refractivity contribution < 1.29 is 9.53 Å². The number of amides is 1. The van der Waals surface area contributed by atoms with E-state index in [1.165, 1.54) is 0 Å². The third-order valence-electron chi connectivity index (χ3n) is 3.31. The molecular weight excluding hydrogens is 214 g/mol. The van der Waals surface area contributed by atoms with Crippen molar-refractivity contribution in [3.63, 3.8) is 0 Å². The van der Waals surface area contributed by atoms with Crippen molar-refractivity contribution in [2.75, 3.05) is 13.1 Å². The molecule has 1 fully saturated rings. The fraction of sp³-hybridized carbons (Fsp3) is 0.786. The molecule has 0 aromatic heterocycles. The maximum Gasteiger partial charge on any atom is 0.410 e. The highest BCUT2D eigenvalue weighted by atomic mass is 16.6. The Labute approximate surface area is 105 Å². The molecule has 0 radical (unpaired) electrons. The van der Waals surface area contributed by atoms with Gasteiger partial charge in [-0.2, -0.15) is 0 Å². The van der Waals surface area contributed by atoms with Crippen LogP contribution in [0.2, 0.25) is 0 Å². The minimum Gasteiger partial charge on any atom is -0.444 e. The van der Waals surface area contributed by atoms with E-state index in [0.717, 1.165) is 25.9 Å². The molecule has 1 aliphatic heterocycles. The normalized spacial score (nSPS) is 19.9. The quantitative estimate of drug-likeness (QED) is 0.691. The maximum absolute atomic E-state index is 11.8. The number of ether oxygens (including phenoxy) is 1. The van der Waals surface area contributed by atoms with E-state index < -0.39 is 5.60 Å². The van der Waals surface area contributed by atoms with Crippen LogP contribution in [-0.2, 0) is 4.74 Å². The second-order valence-corrected chi connectivity index (χ2v) is 5.90. The molecule has 0 N–H and O–H groups in total. The summed E-state index contributed by atoms with van der Waals surface area (Å²) in [5, 5.41) is 0. The highest BCUT2D eigenvalue weighted by molar-refractivity contribution is 5.68. The molecule has 1 heterocycles. The molecule has 98 valence electrons. The predicted molar refractivity (Wildman–Crippen MR) is 69.9 cm³/mol. The van der Waals surface area contributed by atoms with E-state index >= 15 is 0 Å². The first-order valence-corrected chi connectivity index (χ1v) is 6.44. The molecule has 1 aliphatic rings. The standard InChI is InChI=1S/C14H25NO2/c1-6-11(2)12-7-9-15(10-8-12)13(16)17-14(3,4)5/h6,11-12H,1,7-10H2,2-5H3. The number of likely N-dealkylation sites (tertiary alicyclic amines) is 1. The summed E-state index contributed by atoms with van der Waals surface area (Å²) in [6.45, 7) is 13.3. The number of rotatable bonds is 2. The summed E-state index contributed by atoms with van der Waals surface area (Å²) in [7, 11) is 0. The third kappa shape index (κ3) is 4.41. The molecule has 17 heavy (non-hydrogen) atoms. The first kappa shape index (κ1) is 14.1. The average Bonchev–Trinajstić information content (AvgIpc) is 2.26. The second kappa shape index (κ2) is 5.56. The Morgan fingerprint density at radius 2 is 1.94 bits per heavy atom. The zero-order valence-corrected chi connectivity index (χ0v) is 11.5. The molecule has 1 rings (SSSR count). The fourth-order valence-electron chi connectivity index (χ4n) is 2.13.